The second kappa shape index (κ2) is 8.65. The van der Waals surface area contributed by atoms with E-state index >= 15 is 0 Å². The summed E-state index contributed by atoms with van der Waals surface area (Å²) in [6.07, 6.45) is 6.39. The molecule has 0 bridgehead atoms. The largest absolute Gasteiger partial charge is 0.330 e. The van der Waals surface area contributed by atoms with Gasteiger partial charge in [-0.25, -0.2) is 8.42 Å². The van der Waals surface area contributed by atoms with Crippen LogP contribution in [0, 0.1) is 5.92 Å². The van der Waals surface area contributed by atoms with Crippen LogP contribution in [-0.4, -0.2) is 31.6 Å². The maximum absolute atomic E-state index is 12.8. The Labute approximate surface area is 134 Å². The molecular weight excluding hydrogens is 296 g/mol. The molecule has 1 saturated carbocycles. The van der Waals surface area contributed by atoms with Crippen LogP contribution in [0.15, 0.2) is 30.3 Å². The van der Waals surface area contributed by atoms with Crippen LogP contribution in [0.1, 0.15) is 44.1 Å². The molecule has 1 aromatic rings. The highest BCUT2D eigenvalue weighted by Crippen LogP contribution is 2.26. The predicted molar refractivity (Wildman–Crippen MR) is 90.9 cm³/mol. The number of nitrogens with zero attached hydrogens (tertiary/aromatic N) is 1. The van der Waals surface area contributed by atoms with E-state index in [1.165, 1.54) is 19.3 Å². The predicted octanol–water partition coefficient (Wildman–Crippen LogP) is 2.75. The fourth-order valence-corrected chi connectivity index (χ4v) is 5.02. The Kier molecular flexibility index (Phi) is 6.86. The van der Waals surface area contributed by atoms with Gasteiger partial charge in [-0.1, -0.05) is 49.6 Å². The van der Waals surface area contributed by atoms with Gasteiger partial charge in [-0.3, -0.25) is 0 Å². The maximum atomic E-state index is 12.8. The molecule has 0 heterocycles. The van der Waals surface area contributed by atoms with Crippen molar-refractivity contribution < 1.29 is 8.42 Å². The summed E-state index contributed by atoms with van der Waals surface area (Å²) in [7, 11) is -3.21. The van der Waals surface area contributed by atoms with Gasteiger partial charge in [0.1, 0.15) is 0 Å². The van der Waals surface area contributed by atoms with E-state index < -0.39 is 10.0 Å². The normalized spacial score (nSPS) is 17.0. The van der Waals surface area contributed by atoms with Crippen molar-refractivity contribution in [2.45, 2.75) is 45.1 Å². The molecule has 1 aromatic carbocycles. The molecule has 0 radical (unpaired) electrons. The molecule has 22 heavy (non-hydrogen) atoms. The van der Waals surface area contributed by atoms with E-state index in [1.54, 1.807) is 4.31 Å². The quantitative estimate of drug-likeness (QED) is 0.800. The van der Waals surface area contributed by atoms with E-state index in [2.05, 4.69) is 0 Å². The summed E-state index contributed by atoms with van der Waals surface area (Å²) in [5.41, 5.74) is 6.61. The van der Waals surface area contributed by atoms with Crippen LogP contribution in [-0.2, 0) is 16.6 Å². The van der Waals surface area contributed by atoms with E-state index in [0.717, 1.165) is 18.4 Å². The van der Waals surface area contributed by atoms with E-state index in [1.807, 2.05) is 30.3 Å². The first-order chi connectivity index (χ1) is 10.6. The van der Waals surface area contributed by atoms with Crippen LogP contribution in [0.5, 0.6) is 0 Å². The highest BCUT2D eigenvalue weighted by Gasteiger charge is 2.27. The summed E-state index contributed by atoms with van der Waals surface area (Å²) in [5, 5.41) is 0. The third kappa shape index (κ3) is 5.38. The van der Waals surface area contributed by atoms with Gasteiger partial charge < -0.3 is 5.73 Å². The molecule has 4 nitrogen and oxygen atoms in total. The number of rotatable bonds is 8. The molecule has 0 aromatic heterocycles. The average molecular weight is 324 g/mol. The van der Waals surface area contributed by atoms with Crippen molar-refractivity contribution in [1.29, 1.82) is 0 Å². The van der Waals surface area contributed by atoms with Crippen molar-refractivity contribution in [3.8, 4) is 0 Å². The van der Waals surface area contributed by atoms with Crippen LogP contribution >= 0.6 is 0 Å². The zero-order chi connectivity index (χ0) is 15.8. The SMILES string of the molecule is NCCCN(Cc1ccccc1)S(=O)(=O)CC1CCCCC1. The van der Waals surface area contributed by atoms with Crippen LogP contribution in [0.3, 0.4) is 0 Å². The number of hydrogen-bond acceptors (Lipinski definition) is 3. The van der Waals surface area contributed by atoms with Gasteiger partial charge in [0.05, 0.1) is 5.75 Å². The molecule has 0 unspecified atom stereocenters. The monoisotopic (exact) mass is 324 g/mol. The van der Waals surface area contributed by atoms with Gasteiger partial charge >= 0.3 is 0 Å². The molecule has 0 aliphatic heterocycles. The second-order valence-electron chi connectivity index (χ2n) is 6.24. The molecule has 1 aliphatic rings. The van der Waals surface area contributed by atoms with Gasteiger partial charge in [0.25, 0.3) is 0 Å². The van der Waals surface area contributed by atoms with E-state index in [-0.39, 0.29) is 0 Å². The van der Waals surface area contributed by atoms with Crippen molar-refractivity contribution >= 4 is 10.0 Å². The van der Waals surface area contributed by atoms with E-state index in [4.69, 9.17) is 5.73 Å². The fourth-order valence-electron chi connectivity index (χ4n) is 3.13. The van der Waals surface area contributed by atoms with Crippen LogP contribution < -0.4 is 5.73 Å². The molecule has 1 aliphatic carbocycles. The van der Waals surface area contributed by atoms with Crippen molar-refractivity contribution in [1.82, 2.24) is 4.31 Å². The Morgan fingerprint density at radius 1 is 1.09 bits per heavy atom. The fraction of sp³-hybridized carbons (Fsp3) is 0.647. The second-order valence-corrected chi connectivity index (χ2v) is 8.26. The van der Waals surface area contributed by atoms with Crippen molar-refractivity contribution in [3.63, 3.8) is 0 Å². The van der Waals surface area contributed by atoms with Crippen molar-refractivity contribution in [3.05, 3.63) is 35.9 Å². The first-order valence-electron chi connectivity index (χ1n) is 8.33. The van der Waals surface area contributed by atoms with Gasteiger partial charge in [0, 0.05) is 13.1 Å². The van der Waals surface area contributed by atoms with Gasteiger partial charge in [-0.15, -0.1) is 0 Å². The zero-order valence-electron chi connectivity index (χ0n) is 13.3. The lowest BCUT2D eigenvalue weighted by Gasteiger charge is -2.27. The van der Waals surface area contributed by atoms with Gasteiger partial charge in [0.15, 0.2) is 0 Å². The first kappa shape index (κ1) is 17.4. The summed E-state index contributed by atoms with van der Waals surface area (Å²) in [6, 6.07) is 9.80. The molecule has 0 amide bonds. The lowest BCUT2D eigenvalue weighted by molar-refractivity contribution is 0.361. The first-order valence-corrected chi connectivity index (χ1v) is 9.94. The lowest BCUT2D eigenvalue weighted by Crippen LogP contribution is -2.36. The third-order valence-corrected chi connectivity index (χ3v) is 6.37. The highest BCUT2D eigenvalue weighted by molar-refractivity contribution is 7.89. The smallest absolute Gasteiger partial charge is 0.214 e. The minimum absolute atomic E-state index is 0.296. The molecule has 2 N–H and O–H groups in total. The molecule has 0 atom stereocenters. The number of nitrogens with two attached hydrogens (primary N) is 1. The van der Waals surface area contributed by atoms with Gasteiger partial charge in [-0.2, -0.15) is 4.31 Å². The lowest BCUT2D eigenvalue weighted by atomic mass is 9.91. The molecule has 2 rings (SSSR count). The van der Waals surface area contributed by atoms with Gasteiger partial charge in [-0.05, 0) is 37.3 Å². The zero-order valence-corrected chi connectivity index (χ0v) is 14.1. The topological polar surface area (TPSA) is 63.4 Å². The van der Waals surface area contributed by atoms with Crippen molar-refractivity contribution in [2.24, 2.45) is 11.7 Å². The summed E-state index contributed by atoms with van der Waals surface area (Å²) >= 11 is 0. The Morgan fingerprint density at radius 3 is 2.41 bits per heavy atom. The van der Waals surface area contributed by atoms with Crippen molar-refractivity contribution in [2.75, 3.05) is 18.8 Å². The Bertz CT molecular complexity index is 525. The Balaban J connectivity index is 2.05. The van der Waals surface area contributed by atoms with E-state index in [9.17, 15) is 8.42 Å². The maximum Gasteiger partial charge on any atom is 0.214 e. The van der Waals surface area contributed by atoms with E-state index in [0.29, 0.717) is 37.7 Å². The van der Waals surface area contributed by atoms with Crippen LogP contribution in [0.4, 0.5) is 0 Å². The molecule has 5 heteroatoms. The van der Waals surface area contributed by atoms with Crippen LogP contribution in [0.25, 0.3) is 0 Å². The standard InChI is InChI=1S/C17H28N2O2S/c18-12-7-13-19(14-16-8-3-1-4-9-16)22(20,21)15-17-10-5-2-6-11-17/h1,3-4,8-9,17H,2,5-7,10-15,18H2. The van der Waals surface area contributed by atoms with Gasteiger partial charge in [0.2, 0.25) is 10.0 Å². The molecule has 0 saturated heterocycles. The summed E-state index contributed by atoms with van der Waals surface area (Å²) < 4.78 is 27.2. The summed E-state index contributed by atoms with van der Waals surface area (Å²) in [4.78, 5) is 0. The summed E-state index contributed by atoms with van der Waals surface area (Å²) in [6.45, 7) is 1.49. The number of hydrogen-bond donors (Lipinski definition) is 1. The summed E-state index contributed by atoms with van der Waals surface area (Å²) in [5.74, 6) is 0.625. The number of sulfonamides is 1. The molecule has 124 valence electrons. The highest BCUT2D eigenvalue weighted by atomic mass is 32.2. The molecule has 1 fully saturated rings. The molecule has 0 spiro atoms. The minimum atomic E-state index is -3.21. The number of benzene rings is 1. The molecular formula is C17H28N2O2S. The third-order valence-electron chi connectivity index (χ3n) is 4.38. The average Bonchev–Trinajstić information content (AvgIpc) is 2.53. The minimum Gasteiger partial charge on any atom is -0.330 e. The Hall–Kier alpha value is -0.910. The van der Waals surface area contributed by atoms with Crippen LogP contribution in [0.2, 0.25) is 0 Å². The Morgan fingerprint density at radius 2 is 1.77 bits per heavy atom.